The number of carbonyl (C=O) groups excluding carboxylic acids is 1. The van der Waals surface area contributed by atoms with Gasteiger partial charge in [0.2, 0.25) is 5.91 Å². The molecule has 1 aromatic heterocycles. The minimum absolute atomic E-state index is 0.169. The number of hydrogen-bond acceptors (Lipinski definition) is 4. The molecule has 5 N–H and O–H groups in total. The topological polar surface area (TPSA) is 121 Å². The van der Waals surface area contributed by atoms with Gasteiger partial charge in [-0.15, -0.1) is 0 Å². The minimum atomic E-state index is -1.08. The first-order valence-electron chi connectivity index (χ1n) is 5.79. The summed E-state index contributed by atoms with van der Waals surface area (Å²) >= 11 is 0. The van der Waals surface area contributed by atoms with Crippen molar-refractivity contribution in [3.63, 3.8) is 0 Å². The maximum absolute atomic E-state index is 11.8. The van der Waals surface area contributed by atoms with E-state index in [1.165, 1.54) is 12.5 Å². The van der Waals surface area contributed by atoms with Crippen molar-refractivity contribution >= 4 is 11.9 Å². The van der Waals surface area contributed by atoms with Gasteiger partial charge in [0.1, 0.15) is 6.04 Å². The number of nitrogens with two attached hydrogens (primary N) is 1. The number of carboxylic acids is 1. The van der Waals surface area contributed by atoms with Crippen LogP contribution in [-0.2, 0) is 16.0 Å². The van der Waals surface area contributed by atoms with E-state index in [-0.39, 0.29) is 24.8 Å². The van der Waals surface area contributed by atoms with Crippen molar-refractivity contribution in [3.05, 3.63) is 18.2 Å². The highest BCUT2D eigenvalue weighted by molar-refractivity contribution is 5.85. The number of carbonyl (C=O) groups is 2. The van der Waals surface area contributed by atoms with E-state index in [1.54, 1.807) is 0 Å². The zero-order valence-corrected chi connectivity index (χ0v) is 10.2. The molecule has 1 unspecified atom stereocenters. The summed E-state index contributed by atoms with van der Waals surface area (Å²) in [6.45, 7) is 2.04. The Morgan fingerprint density at radius 3 is 2.78 bits per heavy atom. The van der Waals surface area contributed by atoms with Gasteiger partial charge in [-0.05, 0) is 6.42 Å². The Labute approximate surface area is 105 Å². The molecular formula is C11H18N4O3. The van der Waals surface area contributed by atoms with Crippen molar-refractivity contribution in [1.29, 1.82) is 0 Å². The number of amides is 1. The lowest BCUT2D eigenvalue weighted by molar-refractivity contribution is -0.142. The summed E-state index contributed by atoms with van der Waals surface area (Å²) in [5, 5.41) is 11.6. The van der Waals surface area contributed by atoms with Crippen LogP contribution in [0.4, 0.5) is 0 Å². The molecule has 0 radical (unpaired) electrons. The monoisotopic (exact) mass is 254 g/mol. The van der Waals surface area contributed by atoms with Gasteiger partial charge in [0, 0.05) is 30.8 Å². The van der Waals surface area contributed by atoms with Crippen LogP contribution < -0.4 is 11.1 Å². The van der Waals surface area contributed by atoms with Crippen molar-refractivity contribution < 1.29 is 14.7 Å². The molecule has 0 aromatic carbocycles. The van der Waals surface area contributed by atoms with E-state index in [0.29, 0.717) is 12.1 Å². The Balaban J connectivity index is 2.63. The lowest BCUT2D eigenvalue weighted by Crippen LogP contribution is -2.46. The van der Waals surface area contributed by atoms with Crippen molar-refractivity contribution in [3.8, 4) is 0 Å². The second-order valence-corrected chi connectivity index (χ2v) is 4.02. The Bertz CT molecular complexity index is 387. The van der Waals surface area contributed by atoms with Gasteiger partial charge in [0.15, 0.2) is 0 Å². The molecule has 7 nitrogen and oxygen atoms in total. The quantitative estimate of drug-likeness (QED) is 0.523. The summed E-state index contributed by atoms with van der Waals surface area (Å²) in [4.78, 5) is 29.5. The van der Waals surface area contributed by atoms with E-state index >= 15 is 0 Å². The molecule has 0 saturated carbocycles. The lowest BCUT2D eigenvalue weighted by atomic mass is 10.0. The first-order chi connectivity index (χ1) is 8.58. The van der Waals surface area contributed by atoms with E-state index in [1.807, 2.05) is 6.92 Å². The molecule has 0 aliphatic heterocycles. The minimum Gasteiger partial charge on any atom is -0.480 e. The molecule has 1 amide bonds. The van der Waals surface area contributed by atoms with Gasteiger partial charge in [-0.1, -0.05) is 6.92 Å². The largest absolute Gasteiger partial charge is 0.480 e. The van der Waals surface area contributed by atoms with Gasteiger partial charge in [-0.3, -0.25) is 4.79 Å². The molecule has 0 spiro atoms. The molecule has 0 saturated heterocycles. The van der Waals surface area contributed by atoms with Crippen LogP contribution in [0.25, 0.3) is 0 Å². The molecule has 0 fully saturated rings. The van der Waals surface area contributed by atoms with Crippen LogP contribution in [0.3, 0.4) is 0 Å². The second kappa shape index (κ2) is 6.75. The van der Waals surface area contributed by atoms with Gasteiger partial charge >= 0.3 is 5.97 Å². The lowest BCUT2D eigenvalue weighted by Gasteiger charge is -2.17. The van der Waals surface area contributed by atoms with Gasteiger partial charge in [0.05, 0.1) is 6.33 Å². The van der Waals surface area contributed by atoms with Crippen LogP contribution in [0.5, 0.6) is 0 Å². The maximum Gasteiger partial charge on any atom is 0.326 e. The molecular weight excluding hydrogens is 236 g/mol. The zero-order valence-electron chi connectivity index (χ0n) is 10.2. The predicted molar refractivity (Wildman–Crippen MR) is 64.7 cm³/mol. The summed E-state index contributed by atoms with van der Waals surface area (Å²) in [5.74, 6) is -1.76. The first kappa shape index (κ1) is 14.2. The number of nitrogens with one attached hydrogen (secondary N) is 2. The number of imidazole rings is 1. The molecule has 100 valence electrons. The van der Waals surface area contributed by atoms with Gasteiger partial charge in [0.25, 0.3) is 0 Å². The SMILES string of the molecule is CCC(CN)C(=O)N[C@H](Cc1cnc[nH]1)C(=O)O. The number of carboxylic acid groups (broad SMARTS) is 1. The third kappa shape index (κ3) is 3.85. The van der Waals surface area contributed by atoms with Crippen LogP contribution in [0.2, 0.25) is 0 Å². The average molecular weight is 254 g/mol. The fraction of sp³-hybridized carbons (Fsp3) is 0.545. The number of aromatic nitrogens is 2. The molecule has 2 atom stereocenters. The molecule has 1 heterocycles. The number of rotatable bonds is 7. The fourth-order valence-corrected chi connectivity index (χ4v) is 1.56. The van der Waals surface area contributed by atoms with Crippen LogP contribution >= 0.6 is 0 Å². The predicted octanol–water partition coefficient (Wildman–Crippen LogP) is -0.493. The van der Waals surface area contributed by atoms with E-state index in [2.05, 4.69) is 15.3 Å². The molecule has 18 heavy (non-hydrogen) atoms. The summed E-state index contributed by atoms with van der Waals surface area (Å²) in [5.41, 5.74) is 6.10. The van der Waals surface area contributed by atoms with Crippen LogP contribution in [0.15, 0.2) is 12.5 Å². The smallest absolute Gasteiger partial charge is 0.326 e. The summed E-state index contributed by atoms with van der Waals surface area (Å²) < 4.78 is 0. The van der Waals surface area contributed by atoms with Crippen molar-refractivity contribution in [2.75, 3.05) is 6.54 Å². The van der Waals surface area contributed by atoms with Crippen molar-refractivity contribution in [1.82, 2.24) is 15.3 Å². The number of H-pyrrole nitrogens is 1. The molecule has 0 aliphatic rings. The van der Waals surface area contributed by atoms with Gasteiger partial charge in [-0.25, -0.2) is 9.78 Å². The molecule has 0 bridgehead atoms. The molecule has 1 aromatic rings. The highest BCUT2D eigenvalue weighted by Crippen LogP contribution is 2.03. The van der Waals surface area contributed by atoms with Crippen LogP contribution in [-0.4, -0.2) is 39.5 Å². The number of nitrogens with zero attached hydrogens (tertiary/aromatic N) is 1. The van der Waals surface area contributed by atoms with Crippen molar-refractivity contribution in [2.45, 2.75) is 25.8 Å². The molecule has 0 aliphatic carbocycles. The zero-order chi connectivity index (χ0) is 13.5. The third-order valence-electron chi connectivity index (χ3n) is 2.74. The van der Waals surface area contributed by atoms with Gasteiger partial charge in [-0.2, -0.15) is 0 Å². The van der Waals surface area contributed by atoms with Crippen LogP contribution in [0, 0.1) is 5.92 Å². The third-order valence-corrected chi connectivity index (χ3v) is 2.74. The highest BCUT2D eigenvalue weighted by Gasteiger charge is 2.24. The first-order valence-corrected chi connectivity index (χ1v) is 5.79. The van der Waals surface area contributed by atoms with Crippen molar-refractivity contribution in [2.24, 2.45) is 11.7 Å². The molecule has 1 rings (SSSR count). The average Bonchev–Trinajstić information content (AvgIpc) is 2.82. The van der Waals surface area contributed by atoms with Gasteiger partial charge < -0.3 is 21.1 Å². The Morgan fingerprint density at radius 1 is 1.61 bits per heavy atom. The Hall–Kier alpha value is -1.89. The Kier molecular flexibility index (Phi) is 5.31. The number of aliphatic carboxylic acids is 1. The second-order valence-electron chi connectivity index (χ2n) is 4.02. The summed E-state index contributed by atoms with van der Waals surface area (Å²) in [7, 11) is 0. The normalized spacial score (nSPS) is 13.9. The summed E-state index contributed by atoms with van der Waals surface area (Å²) in [6.07, 6.45) is 3.74. The standard InChI is InChI=1S/C11H18N4O3/c1-2-7(4-12)10(16)15-9(11(17)18)3-8-5-13-6-14-8/h5-7,9H,2-4,12H2,1H3,(H,13,14)(H,15,16)(H,17,18)/t7?,9-/m1/s1. The van der Waals surface area contributed by atoms with E-state index in [0.717, 1.165) is 0 Å². The van der Waals surface area contributed by atoms with Crippen LogP contribution in [0.1, 0.15) is 19.0 Å². The Morgan fingerprint density at radius 2 is 2.33 bits per heavy atom. The highest BCUT2D eigenvalue weighted by atomic mass is 16.4. The number of hydrogen-bond donors (Lipinski definition) is 4. The summed E-state index contributed by atoms with van der Waals surface area (Å²) in [6, 6.07) is -0.974. The maximum atomic E-state index is 11.8. The number of aromatic amines is 1. The van der Waals surface area contributed by atoms with E-state index < -0.39 is 12.0 Å². The fourth-order valence-electron chi connectivity index (χ4n) is 1.56. The van der Waals surface area contributed by atoms with E-state index in [9.17, 15) is 9.59 Å². The molecule has 7 heteroatoms. The van der Waals surface area contributed by atoms with E-state index in [4.69, 9.17) is 10.8 Å².